The van der Waals surface area contributed by atoms with Crippen LogP contribution in [-0.4, -0.2) is 23.0 Å². The predicted molar refractivity (Wildman–Crippen MR) is 78.5 cm³/mol. The number of halogens is 1. The zero-order chi connectivity index (χ0) is 16.0. The van der Waals surface area contributed by atoms with Crippen LogP contribution in [0.5, 0.6) is 0 Å². The molecule has 0 aliphatic carbocycles. The Hall–Kier alpha value is -1.91. The van der Waals surface area contributed by atoms with E-state index in [1.54, 1.807) is 19.9 Å². The summed E-state index contributed by atoms with van der Waals surface area (Å²) in [7, 11) is 0. The van der Waals surface area contributed by atoms with Crippen LogP contribution in [0.3, 0.4) is 0 Å². The molecule has 1 aromatic rings. The summed E-state index contributed by atoms with van der Waals surface area (Å²) in [4.78, 5) is 23.5. The zero-order valence-electron chi connectivity index (χ0n) is 12.6. The van der Waals surface area contributed by atoms with Gasteiger partial charge < -0.3 is 10.4 Å². The van der Waals surface area contributed by atoms with Crippen LogP contribution in [-0.2, 0) is 15.0 Å². The summed E-state index contributed by atoms with van der Waals surface area (Å²) in [5.41, 5.74) is -0.484. The minimum absolute atomic E-state index is 0.386. The van der Waals surface area contributed by atoms with Gasteiger partial charge in [0, 0.05) is 0 Å². The van der Waals surface area contributed by atoms with Crippen LogP contribution in [0.2, 0.25) is 0 Å². The minimum atomic E-state index is -1.05. The van der Waals surface area contributed by atoms with Gasteiger partial charge in [0.2, 0.25) is 5.91 Å². The Morgan fingerprint density at radius 1 is 1.38 bits per heavy atom. The number of carboxylic acid groups (broad SMARTS) is 1. The number of aliphatic carboxylic acids is 1. The second kappa shape index (κ2) is 7.20. The zero-order valence-corrected chi connectivity index (χ0v) is 12.6. The Morgan fingerprint density at radius 2 is 2.05 bits per heavy atom. The van der Waals surface area contributed by atoms with Crippen molar-refractivity contribution in [3.63, 3.8) is 0 Å². The lowest BCUT2D eigenvalue weighted by Gasteiger charge is -2.26. The van der Waals surface area contributed by atoms with Crippen LogP contribution in [0.15, 0.2) is 24.3 Å². The van der Waals surface area contributed by atoms with Gasteiger partial charge in [0.05, 0.1) is 5.41 Å². The first-order valence-electron chi connectivity index (χ1n) is 7.08. The van der Waals surface area contributed by atoms with Crippen LogP contribution in [0.4, 0.5) is 4.39 Å². The van der Waals surface area contributed by atoms with Gasteiger partial charge in [-0.2, -0.15) is 0 Å². The van der Waals surface area contributed by atoms with E-state index in [9.17, 15) is 14.0 Å². The second-order valence-electron chi connectivity index (χ2n) is 5.64. The number of carboxylic acids is 1. The summed E-state index contributed by atoms with van der Waals surface area (Å²) in [6.45, 7) is 5.25. The molecule has 0 radical (unpaired) electrons. The van der Waals surface area contributed by atoms with Crippen molar-refractivity contribution in [3.05, 3.63) is 35.6 Å². The molecule has 2 N–H and O–H groups in total. The van der Waals surface area contributed by atoms with Gasteiger partial charge in [0.15, 0.2) is 0 Å². The summed E-state index contributed by atoms with van der Waals surface area (Å²) in [5, 5.41) is 11.7. The molecule has 0 aliphatic rings. The number of carbonyl (C=O) groups is 2. The summed E-state index contributed by atoms with van der Waals surface area (Å²) >= 11 is 0. The fourth-order valence-corrected chi connectivity index (χ4v) is 2.01. The molecule has 21 heavy (non-hydrogen) atoms. The maximum Gasteiger partial charge on any atom is 0.326 e. The van der Waals surface area contributed by atoms with Crippen molar-refractivity contribution < 1.29 is 19.1 Å². The van der Waals surface area contributed by atoms with Gasteiger partial charge in [-0.15, -0.1) is 0 Å². The second-order valence-corrected chi connectivity index (χ2v) is 5.64. The van der Waals surface area contributed by atoms with Crippen molar-refractivity contribution in [1.82, 2.24) is 5.32 Å². The maximum atomic E-state index is 13.3. The molecule has 0 aliphatic heterocycles. The van der Waals surface area contributed by atoms with E-state index in [0.717, 1.165) is 12.8 Å². The Bertz CT molecular complexity index is 514. The van der Waals surface area contributed by atoms with Gasteiger partial charge in [-0.25, -0.2) is 9.18 Å². The third-order valence-corrected chi connectivity index (χ3v) is 3.56. The maximum absolute atomic E-state index is 13.3. The van der Waals surface area contributed by atoms with E-state index in [4.69, 9.17) is 5.11 Å². The molecular weight excluding hydrogens is 273 g/mol. The first kappa shape index (κ1) is 17.1. The van der Waals surface area contributed by atoms with Gasteiger partial charge in [0.25, 0.3) is 0 Å². The highest BCUT2D eigenvalue weighted by Crippen LogP contribution is 2.24. The smallest absolute Gasteiger partial charge is 0.326 e. The normalized spacial score (nSPS) is 12.8. The number of benzene rings is 1. The first-order valence-corrected chi connectivity index (χ1v) is 7.08. The molecule has 0 fully saturated rings. The predicted octanol–water partition coefficient (Wildman–Crippen LogP) is 2.86. The van der Waals surface area contributed by atoms with Crippen molar-refractivity contribution in [2.45, 2.75) is 51.5 Å². The van der Waals surface area contributed by atoms with E-state index >= 15 is 0 Å². The lowest BCUT2D eigenvalue weighted by Crippen LogP contribution is -2.48. The van der Waals surface area contributed by atoms with Crippen LogP contribution in [0.1, 0.15) is 45.6 Å². The average Bonchev–Trinajstić information content (AvgIpc) is 2.42. The van der Waals surface area contributed by atoms with Crippen LogP contribution in [0, 0.1) is 5.82 Å². The van der Waals surface area contributed by atoms with Gasteiger partial charge >= 0.3 is 5.97 Å². The molecule has 0 spiro atoms. The van der Waals surface area contributed by atoms with Crippen molar-refractivity contribution in [2.24, 2.45) is 0 Å². The highest BCUT2D eigenvalue weighted by atomic mass is 19.1. The number of rotatable bonds is 7. The third-order valence-electron chi connectivity index (χ3n) is 3.56. The molecule has 1 atom stereocenters. The van der Waals surface area contributed by atoms with Crippen LogP contribution in [0.25, 0.3) is 0 Å². The third kappa shape index (κ3) is 4.55. The number of nitrogens with one attached hydrogen (secondary N) is 1. The minimum Gasteiger partial charge on any atom is -0.480 e. The lowest BCUT2D eigenvalue weighted by atomic mass is 9.83. The van der Waals surface area contributed by atoms with E-state index in [1.807, 2.05) is 6.92 Å². The standard InChI is InChI=1S/C16H22FNO3/c1-4-5-9-13(14(19)20)18-15(21)16(2,3)11-7-6-8-12(17)10-11/h6-8,10,13H,4-5,9H2,1-3H3,(H,18,21)(H,19,20). The number of carbonyl (C=O) groups excluding carboxylic acids is 1. The van der Waals surface area contributed by atoms with Gasteiger partial charge in [0.1, 0.15) is 11.9 Å². The van der Waals surface area contributed by atoms with Crippen molar-refractivity contribution in [1.29, 1.82) is 0 Å². The number of hydrogen-bond donors (Lipinski definition) is 2. The van der Waals surface area contributed by atoms with Gasteiger partial charge in [-0.05, 0) is 38.0 Å². The Kier molecular flexibility index (Phi) is 5.88. The fraction of sp³-hybridized carbons (Fsp3) is 0.500. The molecule has 0 bridgehead atoms. The van der Waals surface area contributed by atoms with Gasteiger partial charge in [-0.1, -0.05) is 31.9 Å². The Labute approximate surface area is 124 Å². The van der Waals surface area contributed by atoms with Crippen LogP contribution >= 0.6 is 0 Å². The number of unbranched alkanes of at least 4 members (excludes halogenated alkanes) is 1. The van der Waals surface area contributed by atoms with Gasteiger partial charge in [-0.3, -0.25) is 4.79 Å². The lowest BCUT2D eigenvalue weighted by molar-refractivity contribution is -0.142. The molecule has 0 saturated carbocycles. The largest absolute Gasteiger partial charge is 0.480 e. The van der Waals surface area contributed by atoms with Crippen molar-refractivity contribution >= 4 is 11.9 Å². The molecule has 0 heterocycles. The quantitative estimate of drug-likeness (QED) is 0.813. The van der Waals surface area contributed by atoms with E-state index in [2.05, 4.69) is 5.32 Å². The number of amides is 1. The molecule has 116 valence electrons. The molecule has 4 nitrogen and oxygen atoms in total. The molecule has 1 rings (SSSR count). The Balaban J connectivity index is 2.87. The fourth-order valence-electron chi connectivity index (χ4n) is 2.01. The summed E-state index contributed by atoms with van der Waals surface area (Å²) in [5.74, 6) is -1.89. The van der Waals surface area contributed by atoms with Crippen molar-refractivity contribution in [3.8, 4) is 0 Å². The SMILES string of the molecule is CCCCC(NC(=O)C(C)(C)c1cccc(F)c1)C(=O)O. The highest BCUT2D eigenvalue weighted by molar-refractivity contribution is 5.90. The van der Waals surface area contributed by atoms with E-state index in [-0.39, 0.29) is 0 Å². The molecule has 0 aromatic heterocycles. The van der Waals surface area contributed by atoms with E-state index in [1.165, 1.54) is 18.2 Å². The summed E-state index contributed by atoms with van der Waals surface area (Å²) in [6, 6.07) is 4.88. The molecule has 1 aromatic carbocycles. The molecule has 1 unspecified atom stereocenters. The van der Waals surface area contributed by atoms with E-state index in [0.29, 0.717) is 12.0 Å². The van der Waals surface area contributed by atoms with Crippen LogP contribution < -0.4 is 5.32 Å². The summed E-state index contributed by atoms with van der Waals surface area (Å²) < 4.78 is 13.3. The van der Waals surface area contributed by atoms with Crippen molar-refractivity contribution in [2.75, 3.05) is 0 Å². The number of hydrogen-bond acceptors (Lipinski definition) is 2. The molecule has 0 saturated heterocycles. The highest BCUT2D eigenvalue weighted by Gasteiger charge is 2.33. The Morgan fingerprint density at radius 3 is 2.57 bits per heavy atom. The monoisotopic (exact) mass is 295 g/mol. The molecule has 5 heteroatoms. The first-order chi connectivity index (χ1) is 9.78. The molecule has 1 amide bonds. The van der Waals surface area contributed by atoms with E-state index < -0.39 is 29.2 Å². The topological polar surface area (TPSA) is 66.4 Å². The summed E-state index contributed by atoms with van der Waals surface area (Å²) in [6.07, 6.45) is 1.96. The average molecular weight is 295 g/mol. The molecular formula is C16H22FNO3.